The summed E-state index contributed by atoms with van der Waals surface area (Å²) in [7, 11) is 1.89. The van der Waals surface area contributed by atoms with Gasteiger partial charge >= 0.3 is 0 Å². The molecule has 17 heavy (non-hydrogen) atoms. The number of pyridine rings is 1. The number of hydrogen-bond acceptors (Lipinski definition) is 4. The summed E-state index contributed by atoms with van der Waals surface area (Å²) < 4.78 is 1.81. The molecule has 2 rings (SSSR count). The van der Waals surface area contributed by atoms with E-state index in [2.05, 4.69) is 10.1 Å². The average Bonchev–Trinajstić information content (AvgIpc) is 2.58. The Morgan fingerprint density at radius 3 is 2.82 bits per heavy atom. The molecule has 0 unspecified atom stereocenters. The Bertz CT molecular complexity index is 561. The van der Waals surface area contributed by atoms with Gasteiger partial charge in [0, 0.05) is 18.8 Å². The van der Waals surface area contributed by atoms with Crippen molar-refractivity contribution >= 4 is 17.6 Å². The van der Waals surface area contributed by atoms with Crippen LogP contribution in [0, 0.1) is 12.3 Å². The summed E-state index contributed by atoms with van der Waals surface area (Å²) in [5.74, 6) is 0.0513. The van der Waals surface area contributed by atoms with Crippen molar-refractivity contribution in [3.63, 3.8) is 0 Å². The minimum atomic E-state index is 0.0513. The molecule has 0 aromatic carbocycles. The predicted octanol–water partition coefficient (Wildman–Crippen LogP) is 1.56. The molecule has 0 saturated carbocycles. The van der Waals surface area contributed by atoms with Crippen LogP contribution in [0.5, 0.6) is 0 Å². The zero-order chi connectivity index (χ0) is 12.4. The maximum absolute atomic E-state index is 7.38. The first-order valence-corrected chi connectivity index (χ1v) is 5.87. The summed E-state index contributed by atoms with van der Waals surface area (Å²) >= 11 is 1.50. The highest BCUT2D eigenvalue weighted by atomic mass is 32.2. The van der Waals surface area contributed by atoms with E-state index in [1.54, 1.807) is 18.3 Å². The molecule has 0 fully saturated rings. The van der Waals surface area contributed by atoms with Gasteiger partial charge in [0.2, 0.25) is 0 Å². The van der Waals surface area contributed by atoms with Crippen LogP contribution in [0.3, 0.4) is 0 Å². The standard InChI is InChI=1S/C11H13N5S/c1-7-5-10(16(2)15-7)17-9-6-8(11(12)13)3-4-14-9/h3-6H,1-2H3,(H3,12,13). The van der Waals surface area contributed by atoms with E-state index in [0.717, 1.165) is 15.7 Å². The predicted molar refractivity (Wildman–Crippen MR) is 67.3 cm³/mol. The molecule has 2 heterocycles. The number of aromatic nitrogens is 3. The van der Waals surface area contributed by atoms with Crippen LogP contribution in [0.2, 0.25) is 0 Å². The van der Waals surface area contributed by atoms with Gasteiger partial charge in [0.1, 0.15) is 15.9 Å². The minimum Gasteiger partial charge on any atom is -0.384 e. The number of nitrogen functional groups attached to an aromatic ring is 1. The second-order valence-corrected chi connectivity index (χ2v) is 4.69. The average molecular weight is 247 g/mol. The van der Waals surface area contributed by atoms with Crippen molar-refractivity contribution in [3.8, 4) is 0 Å². The molecule has 6 heteroatoms. The van der Waals surface area contributed by atoms with Crippen molar-refractivity contribution in [2.24, 2.45) is 12.8 Å². The zero-order valence-corrected chi connectivity index (χ0v) is 10.5. The largest absolute Gasteiger partial charge is 0.384 e. The molecule has 0 bridgehead atoms. The first-order valence-electron chi connectivity index (χ1n) is 5.05. The van der Waals surface area contributed by atoms with E-state index < -0.39 is 0 Å². The first-order chi connectivity index (χ1) is 8.06. The topological polar surface area (TPSA) is 80.6 Å². The molecule has 88 valence electrons. The van der Waals surface area contributed by atoms with E-state index in [9.17, 15) is 0 Å². The molecule has 0 amide bonds. The minimum absolute atomic E-state index is 0.0513. The van der Waals surface area contributed by atoms with Gasteiger partial charge in [-0.1, -0.05) is 11.8 Å². The second kappa shape index (κ2) is 4.58. The fourth-order valence-electron chi connectivity index (χ4n) is 1.42. The van der Waals surface area contributed by atoms with Crippen LogP contribution < -0.4 is 5.73 Å². The van der Waals surface area contributed by atoms with Gasteiger partial charge in [-0.15, -0.1) is 0 Å². The van der Waals surface area contributed by atoms with E-state index in [1.807, 2.05) is 24.7 Å². The lowest BCUT2D eigenvalue weighted by atomic mass is 10.2. The van der Waals surface area contributed by atoms with Crippen molar-refractivity contribution in [2.75, 3.05) is 0 Å². The fourth-order valence-corrected chi connectivity index (χ4v) is 2.34. The summed E-state index contributed by atoms with van der Waals surface area (Å²) in [6, 6.07) is 5.52. The lowest BCUT2D eigenvalue weighted by Gasteiger charge is -2.03. The van der Waals surface area contributed by atoms with Gasteiger partial charge in [-0.2, -0.15) is 5.10 Å². The molecule has 0 radical (unpaired) electrons. The monoisotopic (exact) mass is 247 g/mol. The van der Waals surface area contributed by atoms with Crippen molar-refractivity contribution in [1.82, 2.24) is 14.8 Å². The maximum Gasteiger partial charge on any atom is 0.122 e. The normalized spacial score (nSPS) is 10.5. The Labute approximate surface area is 104 Å². The highest BCUT2D eigenvalue weighted by Crippen LogP contribution is 2.26. The third-order valence-corrected chi connectivity index (χ3v) is 3.24. The van der Waals surface area contributed by atoms with Crippen molar-refractivity contribution in [1.29, 1.82) is 5.41 Å². The summed E-state index contributed by atoms with van der Waals surface area (Å²) in [6.07, 6.45) is 1.66. The Hall–Kier alpha value is -1.82. The summed E-state index contributed by atoms with van der Waals surface area (Å²) in [4.78, 5) is 4.24. The Kier molecular flexibility index (Phi) is 3.14. The summed E-state index contributed by atoms with van der Waals surface area (Å²) in [5.41, 5.74) is 7.09. The lowest BCUT2D eigenvalue weighted by Crippen LogP contribution is -2.11. The Morgan fingerprint density at radius 1 is 1.47 bits per heavy atom. The van der Waals surface area contributed by atoms with Gasteiger partial charge in [-0.05, 0) is 25.1 Å². The molecule has 2 aromatic rings. The van der Waals surface area contributed by atoms with Crippen molar-refractivity contribution < 1.29 is 0 Å². The second-order valence-electron chi connectivity index (χ2n) is 3.65. The van der Waals surface area contributed by atoms with Gasteiger partial charge in [0.25, 0.3) is 0 Å². The highest BCUT2D eigenvalue weighted by molar-refractivity contribution is 7.99. The molecular formula is C11H13N5S. The third-order valence-electron chi connectivity index (χ3n) is 2.21. The SMILES string of the molecule is Cc1cc(Sc2cc(C(=N)N)ccn2)n(C)n1. The zero-order valence-electron chi connectivity index (χ0n) is 9.64. The molecule has 3 N–H and O–H groups in total. The van der Waals surface area contributed by atoms with Crippen LogP contribution in [-0.2, 0) is 7.05 Å². The van der Waals surface area contributed by atoms with E-state index in [0.29, 0.717) is 5.56 Å². The molecule has 0 aliphatic carbocycles. The van der Waals surface area contributed by atoms with E-state index in [1.165, 1.54) is 11.8 Å². The van der Waals surface area contributed by atoms with E-state index in [-0.39, 0.29) is 5.84 Å². The van der Waals surface area contributed by atoms with Gasteiger partial charge in [0.05, 0.1) is 5.69 Å². The number of rotatable bonds is 3. The van der Waals surface area contributed by atoms with Crippen molar-refractivity contribution in [2.45, 2.75) is 17.0 Å². The van der Waals surface area contributed by atoms with Crippen molar-refractivity contribution in [3.05, 3.63) is 35.7 Å². The van der Waals surface area contributed by atoms with Crippen LogP contribution >= 0.6 is 11.8 Å². The molecule has 0 saturated heterocycles. The van der Waals surface area contributed by atoms with Crippen LogP contribution in [0.15, 0.2) is 34.4 Å². The third kappa shape index (κ3) is 2.65. The van der Waals surface area contributed by atoms with Gasteiger partial charge in [-0.25, -0.2) is 4.98 Å². The summed E-state index contributed by atoms with van der Waals surface area (Å²) in [5, 5.41) is 13.5. The Balaban J connectivity index is 2.27. The lowest BCUT2D eigenvalue weighted by molar-refractivity contribution is 0.692. The molecular weight excluding hydrogens is 234 g/mol. The molecule has 2 aromatic heterocycles. The van der Waals surface area contributed by atoms with Crippen LogP contribution in [-0.4, -0.2) is 20.6 Å². The van der Waals surface area contributed by atoms with Gasteiger partial charge in [-0.3, -0.25) is 10.1 Å². The molecule has 0 aliphatic heterocycles. The van der Waals surface area contributed by atoms with Crippen LogP contribution in [0.1, 0.15) is 11.3 Å². The number of nitrogens with zero attached hydrogens (tertiary/aromatic N) is 3. The highest BCUT2D eigenvalue weighted by Gasteiger charge is 2.06. The smallest absolute Gasteiger partial charge is 0.122 e. The molecule has 0 atom stereocenters. The number of aryl methyl sites for hydroxylation is 2. The summed E-state index contributed by atoms with van der Waals surface area (Å²) in [6.45, 7) is 1.95. The number of hydrogen-bond donors (Lipinski definition) is 2. The van der Waals surface area contributed by atoms with E-state index >= 15 is 0 Å². The molecule has 0 aliphatic rings. The van der Waals surface area contributed by atoms with Gasteiger partial charge in [0.15, 0.2) is 0 Å². The Morgan fingerprint density at radius 2 is 2.24 bits per heavy atom. The van der Waals surface area contributed by atoms with Crippen LogP contribution in [0.25, 0.3) is 0 Å². The first kappa shape index (κ1) is 11.7. The fraction of sp³-hybridized carbons (Fsp3) is 0.182. The number of nitrogens with one attached hydrogen (secondary N) is 1. The number of nitrogens with two attached hydrogens (primary N) is 1. The number of amidine groups is 1. The molecule has 5 nitrogen and oxygen atoms in total. The van der Waals surface area contributed by atoms with E-state index in [4.69, 9.17) is 11.1 Å². The molecule has 0 spiro atoms. The van der Waals surface area contributed by atoms with Crippen LogP contribution in [0.4, 0.5) is 0 Å². The maximum atomic E-state index is 7.38. The quantitative estimate of drug-likeness (QED) is 0.637. The van der Waals surface area contributed by atoms with Gasteiger partial charge < -0.3 is 5.73 Å².